The van der Waals surface area contributed by atoms with Crippen LogP contribution in [0.2, 0.25) is 0 Å². The molecule has 1 aromatic carbocycles. The maximum atomic E-state index is 12.4. The lowest BCUT2D eigenvalue weighted by molar-refractivity contribution is -0.0686. The van der Waals surface area contributed by atoms with E-state index >= 15 is 0 Å². The molecule has 2 N–H and O–H groups in total. The summed E-state index contributed by atoms with van der Waals surface area (Å²) in [6, 6.07) is 3.04. The number of allylic oxidation sites excluding steroid dienone is 1. The van der Waals surface area contributed by atoms with E-state index in [1.807, 2.05) is 0 Å². The number of hydrogen-bond acceptors (Lipinski definition) is 2. The molecule has 0 saturated heterocycles. The molecule has 1 aromatic rings. The Bertz CT molecular complexity index is 464. The monoisotopic (exact) mass is 246 g/mol. The predicted octanol–water partition coefficient (Wildman–Crippen LogP) is 2.45. The normalized spacial score (nSPS) is 11.3. The van der Waals surface area contributed by atoms with E-state index in [9.17, 15) is 18.0 Å². The number of carboxylic acids is 1. The van der Waals surface area contributed by atoms with Gasteiger partial charge in [0.2, 0.25) is 0 Å². The number of aliphatic hydroxyl groups is 1. The third-order valence-electron chi connectivity index (χ3n) is 2.11. The van der Waals surface area contributed by atoms with Crippen LogP contribution in [0.1, 0.15) is 21.5 Å². The topological polar surface area (TPSA) is 57.5 Å². The van der Waals surface area contributed by atoms with Gasteiger partial charge in [-0.15, -0.1) is 0 Å². The van der Waals surface area contributed by atoms with Crippen LogP contribution < -0.4 is 0 Å². The summed E-state index contributed by atoms with van der Waals surface area (Å²) in [5, 5.41) is 17.6. The van der Waals surface area contributed by atoms with Gasteiger partial charge in [-0.1, -0.05) is 6.58 Å². The van der Waals surface area contributed by atoms with Crippen molar-refractivity contribution >= 4 is 11.5 Å². The van der Waals surface area contributed by atoms with Gasteiger partial charge >= 0.3 is 12.1 Å². The summed E-state index contributed by atoms with van der Waals surface area (Å²) in [6.07, 6.45) is -4.64. The van der Waals surface area contributed by atoms with Crippen molar-refractivity contribution in [1.29, 1.82) is 0 Å². The smallest absolute Gasteiger partial charge is 0.416 e. The van der Waals surface area contributed by atoms with Crippen molar-refractivity contribution in [2.45, 2.75) is 12.8 Å². The van der Waals surface area contributed by atoms with Crippen LogP contribution in [-0.2, 0) is 6.61 Å². The second kappa shape index (κ2) is 4.58. The van der Waals surface area contributed by atoms with Crippen LogP contribution in [0.3, 0.4) is 0 Å². The van der Waals surface area contributed by atoms with Crippen molar-refractivity contribution in [2.75, 3.05) is 0 Å². The van der Waals surface area contributed by atoms with Crippen molar-refractivity contribution in [1.82, 2.24) is 0 Å². The number of rotatable bonds is 3. The zero-order chi connectivity index (χ0) is 13.2. The van der Waals surface area contributed by atoms with E-state index in [-0.39, 0.29) is 16.7 Å². The second-order valence-electron chi connectivity index (χ2n) is 3.36. The molecule has 0 aromatic heterocycles. The van der Waals surface area contributed by atoms with E-state index in [1.165, 1.54) is 0 Å². The molecule has 1 rings (SSSR count). The Balaban J connectivity index is 3.29. The van der Waals surface area contributed by atoms with Crippen LogP contribution in [0.5, 0.6) is 0 Å². The number of halogens is 3. The fraction of sp³-hybridized carbons (Fsp3) is 0.182. The Morgan fingerprint density at radius 1 is 1.24 bits per heavy atom. The number of benzene rings is 1. The number of carbonyl (C=O) groups is 1. The Hall–Kier alpha value is -1.82. The first-order valence-corrected chi connectivity index (χ1v) is 4.50. The van der Waals surface area contributed by atoms with E-state index < -0.39 is 24.3 Å². The first-order chi connectivity index (χ1) is 7.75. The number of carboxylic acid groups (broad SMARTS) is 1. The molecule has 17 heavy (non-hydrogen) atoms. The number of aliphatic hydroxyl groups excluding tert-OH is 1. The zero-order valence-electron chi connectivity index (χ0n) is 8.58. The molecule has 0 fully saturated rings. The first kappa shape index (κ1) is 13.2. The summed E-state index contributed by atoms with van der Waals surface area (Å²) in [4.78, 5) is 10.7. The molecule has 0 aliphatic carbocycles. The molecule has 0 unspecified atom stereocenters. The molecule has 0 aliphatic heterocycles. The molecule has 0 radical (unpaired) electrons. The van der Waals surface area contributed by atoms with Crippen molar-refractivity contribution in [2.24, 2.45) is 0 Å². The average Bonchev–Trinajstić information content (AvgIpc) is 2.26. The van der Waals surface area contributed by atoms with Gasteiger partial charge in [0, 0.05) is 0 Å². The molecule has 0 atom stereocenters. The van der Waals surface area contributed by atoms with Gasteiger partial charge in [-0.3, -0.25) is 0 Å². The molecule has 0 aliphatic rings. The van der Waals surface area contributed by atoms with Gasteiger partial charge in [0.1, 0.15) is 0 Å². The Kier molecular flexibility index (Phi) is 3.57. The van der Waals surface area contributed by atoms with Gasteiger partial charge in [-0.05, 0) is 29.3 Å². The highest BCUT2D eigenvalue weighted by atomic mass is 19.4. The van der Waals surface area contributed by atoms with Crippen molar-refractivity contribution < 1.29 is 28.2 Å². The van der Waals surface area contributed by atoms with Gasteiger partial charge in [0.15, 0.2) is 0 Å². The molecule has 92 valence electrons. The van der Waals surface area contributed by atoms with Gasteiger partial charge in [0.05, 0.1) is 17.7 Å². The minimum atomic E-state index is -4.64. The highest BCUT2D eigenvalue weighted by molar-refractivity contribution is 5.89. The summed E-state index contributed by atoms with van der Waals surface area (Å²) < 4.78 is 37.2. The standard InChI is InChI=1S/C11H9F3O3/c1-6(11(12,13)14)8-2-7(5-15)3-9(4-8)10(16)17/h2-4,15H,1,5H2,(H,16,17). The molecule has 3 nitrogen and oxygen atoms in total. The highest BCUT2D eigenvalue weighted by Crippen LogP contribution is 2.33. The summed E-state index contributed by atoms with van der Waals surface area (Å²) in [7, 11) is 0. The average molecular weight is 246 g/mol. The number of hydrogen-bond donors (Lipinski definition) is 2. The van der Waals surface area contributed by atoms with Crippen LogP contribution in [0.15, 0.2) is 24.8 Å². The SMILES string of the molecule is C=C(c1cc(CO)cc(C(=O)O)c1)C(F)(F)F. The van der Waals surface area contributed by atoms with Crippen LogP contribution in [0, 0.1) is 0 Å². The van der Waals surface area contributed by atoms with Crippen LogP contribution in [0.25, 0.3) is 5.57 Å². The lowest BCUT2D eigenvalue weighted by atomic mass is 10.0. The van der Waals surface area contributed by atoms with Crippen LogP contribution in [-0.4, -0.2) is 22.4 Å². The largest absolute Gasteiger partial charge is 0.478 e. The molecular formula is C11H9F3O3. The highest BCUT2D eigenvalue weighted by Gasteiger charge is 2.33. The summed E-state index contributed by atoms with van der Waals surface area (Å²) >= 11 is 0. The summed E-state index contributed by atoms with van der Waals surface area (Å²) in [5.41, 5.74) is -1.74. The molecule has 0 saturated carbocycles. The molecule has 6 heteroatoms. The second-order valence-corrected chi connectivity index (χ2v) is 3.36. The Morgan fingerprint density at radius 2 is 1.76 bits per heavy atom. The Morgan fingerprint density at radius 3 is 2.18 bits per heavy atom. The molecule has 0 heterocycles. The van der Waals surface area contributed by atoms with Crippen LogP contribution in [0.4, 0.5) is 13.2 Å². The fourth-order valence-corrected chi connectivity index (χ4v) is 1.24. The van der Waals surface area contributed by atoms with Gasteiger partial charge in [-0.25, -0.2) is 4.79 Å². The molecule has 0 amide bonds. The van der Waals surface area contributed by atoms with Gasteiger partial charge in [-0.2, -0.15) is 13.2 Å². The van der Waals surface area contributed by atoms with Crippen molar-refractivity contribution in [3.63, 3.8) is 0 Å². The Labute approximate surface area is 94.8 Å². The van der Waals surface area contributed by atoms with Crippen molar-refractivity contribution in [3.8, 4) is 0 Å². The van der Waals surface area contributed by atoms with Crippen molar-refractivity contribution in [3.05, 3.63) is 41.5 Å². The lowest BCUT2D eigenvalue weighted by Gasteiger charge is -2.12. The lowest BCUT2D eigenvalue weighted by Crippen LogP contribution is -2.11. The number of aromatic carboxylic acids is 1. The van der Waals surface area contributed by atoms with Gasteiger partial charge < -0.3 is 10.2 Å². The first-order valence-electron chi connectivity index (χ1n) is 4.50. The minimum Gasteiger partial charge on any atom is -0.478 e. The third-order valence-corrected chi connectivity index (χ3v) is 2.11. The van der Waals surface area contributed by atoms with E-state index in [2.05, 4.69) is 6.58 Å². The maximum absolute atomic E-state index is 12.4. The minimum absolute atomic E-state index is 0.0882. The van der Waals surface area contributed by atoms with E-state index in [0.717, 1.165) is 18.2 Å². The van der Waals surface area contributed by atoms with Gasteiger partial charge in [0.25, 0.3) is 0 Å². The zero-order valence-corrected chi connectivity index (χ0v) is 8.58. The summed E-state index contributed by atoms with van der Waals surface area (Å²) in [6.45, 7) is 2.33. The quantitative estimate of drug-likeness (QED) is 0.861. The maximum Gasteiger partial charge on any atom is 0.416 e. The molecule has 0 bridgehead atoms. The van der Waals surface area contributed by atoms with E-state index in [1.54, 1.807) is 0 Å². The third kappa shape index (κ3) is 3.07. The van der Waals surface area contributed by atoms with Crippen LogP contribution >= 0.6 is 0 Å². The predicted molar refractivity (Wildman–Crippen MR) is 54.4 cm³/mol. The number of alkyl halides is 3. The molecule has 0 spiro atoms. The summed E-state index contributed by atoms with van der Waals surface area (Å²) in [5.74, 6) is -1.36. The fourth-order valence-electron chi connectivity index (χ4n) is 1.24. The molecular weight excluding hydrogens is 237 g/mol. The van der Waals surface area contributed by atoms with E-state index in [4.69, 9.17) is 10.2 Å². The van der Waals surface area contributed by atoms with E-state index in [0.29, 0.717) is 0 Å².